The Morgan fingerprint density at radius 2 is 2.08 bits per heavy atom. The van der Waals surface area contributed by atoms with Gasteiger partial charge in [0.1, 0.15) is 11.9 Å². The molecule has 2 aliphatic heterocycles. The summed E-state index contributed by atoms with van der Waals surface area (Å²) in [5, 5.41) is 20.4. The summed E-state index contributed by atoms with van der Waals surface area (Å²) < 4.78 is 1.78. The molecule has 0 bridgehead atoms. The molecule has 2 atom stereocenters. The number of carboxylic acid groups (broad SMARTS) is 1. The van der Waals surface area contributed by atoms with E-state index in [1.165, 1.54) is 5.56 Å². The van der Waals surface area contributed by atoms with Crippen molar-refractivity contribution in [2.45, 2.75) is 58.4 Å². The fourth-order valence-electron chi connectivity index (χ4n) is 5.69. The number of aromatic nitrogens is 3. The molecule has 9 nitrogen and oxygen atoms in total. The van der Waals surface area contributed by atoms with E-state index in [0.29, 0.717) is 24.4 Å². The highest BCUT2D eigenvalue weighted by molar-refractivity contribution is 5.97. The monoisotopic (exact) mass is 530 g/mol. The molecule has 4 heterocycles. The SMILES string of the molecule is Cc1cc(C)n(-c2cccc(C(=O)NC(CCN3CC[C@H](CCc4ccc5c(n4)NCCC5)C3)C(=O)O)c2)n1. The van der Waals surface area contributed by atoms with Crippen LogP contribution in [0.4, 0.5) is 5.82 Å². The Labute approximate surface area is 229 Å². The molecule has 0 aliphatic carbocycles. The van der Waals surface area contributed by atoms with E-state index < -0.39 is 17.9 Å². The van der Waals surface area contributed by atoms with E-state index in [2.05, 4.69) is 32.8 Å². The molecule has 206 valence electrons. The topological polar surface area (TPSA) is 112 Å². The molecule has 1 unspecified atom stereocenters. The molecule has 1 amide bonds. The Balaban J connectivity index is 1.11. The number of pyridine rings is 1. The average molecular weight is 531 g/mol. The summed E-state index contributed by atoms with van der Waals surface area (Å²) in [7, 11) is 0. The van der Waals surface area contributed by atoms with E-state index in [1.807, 2.05) is 26.0 Å². The number of nitrogens with zero attached hydrogens (tertiary/aromatic N) is 4. The molecular formula is C30H38N6O3. The molecule has 2 aromatic heterocycles. The molecule has 1 saturated heterocycles. The largest absolute Gasteiger partial charge is 0.480 e. The van der Waals surface area contributed by atoms with Gasteiger partial charge >= 0.3 is 5.97 Å². The quantitative estimate of drug-likeness (QED) is 0.366. The molecule has 1 aromatic carbocycles. The van der Waals surface area contributed by atoms with Crippen molar-refractivity contribution in [2.75, 3.05) is 31.5 Å². The van der Waals surface area contributed by atoms with Crippen LogP contribution in [0.3, 0.4) is 0 Å². The molecule has 2 aliphatic rings. The van der Waals surface area contributed by atoms with Crippen molar-refractivity contribution in [3.63, 3.8) is 0 Å². The van der Waals surface area contributed by atoms with Crippen molar-refractivity contribution in [3.05, 3.63) is 70.7 Å². The number of fused-ring (bicyclic) bond motifs is 1. The highest BCUT2D eigenvalue weighted by atomic mass is 16.4. The van der Waals surface area contributed by atoms with Crippen molar-refractivity contribution in [1.82, 2.24) is 25.0 Å². The first kappa shape index (κ1) is 26.9. The Morgan fingerprint density at radius 1 is 1.21 bits per heavy atom. The van der Waals surface area contributed by atoms with Crippen LogP contribution < -0.4 is 10.6 Å². The number of rotatable bonds is 10. The molecule has 3 aromatic rings. The predicted octanol–water partition coefficient (Wildman–Crippen LogP) is 3.77. The number of hydrogen-bond donors (Lipinski definition) is 3. The van der Waals surface area contributed by atoms with Gasteiger partial charge in [-0.1, -0.05) is 12.1 Å². The minimum absolute atomic E-state index is 0.364. The van der Waals surface area contributed by atoms with E-state index >= 15 is 0 Å². The first-order valence-corrected chi connectivity index (χ1v) is 14.0. The van der Waals surface area contributed by atoms with Crippen LogP contribution in [-0.2, 0) is 17.6 Å². The lowest BCUT2D eigenvalue weighted by Crippen LogP contribution is -2.43. The Kier molecular flexibility index (Phi) is 8.26. The number of hydrogen-bond acceptors (Lipinski definition) is 6. The van der Waals surface area contributed by atoms with Gasteiger partial charge in [-0.3, -0.25) is 4.79 Å². The number of aryl methyl sites for hydroxylation is 4. The van der Waals surface area contributed by atoms with Crippen molar-refractivity contribution < 1.29 is 14.7 Å². The van der Waals surface area contributed by atoms with Gasteiger partial charge in [0, 0.05) is 36.6 Å². The van der Waals surface area contributed by atoms with Crippen LogP contribution in [0.15, 0.2) is 42.5 Å². The van der Waals surface area contributed by atoms with E-state index in [4.69, 9.17) is 4.98 Å². The van der Waals surface area contributed by atoms with Crippen molar-refractivity contribution >= 4 is 17.7 Å². The lowest BCUT2D eigenvalue weighted by Gasteiger charge is -2.20. The van der Waals surface area contributed by atoms with Crippen LogP contribution in [0, 0.1) is 19.8 Å². The molecule has 0 radical (unpaired) electrons. The third-order valence-electron chi connectivity index (χ3n) is 7.83. The van der Waals surface area contributed by atoms with Gasteiger partial charge in [0.05, 0.1) is 11.4 Å². The zero-order valence-electron chi connectivity index (χ0n) is 22.8. The minimum atomic E-state index is -1.01. The predicted molar refractivity (Wildman–Crippen MR) is 150 cm³/mol. The summed E-state index contributed by atoms with van der Waals surface area (Å²) >= 11 is 0. The summed E-state index contributed by atoms with van der Waals surface area (Å²) in [5.41, 5.74) is 5.49. The molecule has 9 heteroatoms. The first-order valence-electron chi connectivity index (χ1n) is 14.0. The minimum Gasteiger partial charge on any atom is -0.480 e. The number of nitrogens with one attached hydrogen (secondary N) is 2. The van der Waals surface area contributed by atoms with Crippen LogP contribution in [0.1, 0.15) is 58.7 Å². The van der Waals surface area contributed by atoms with Crippen molar-refractivity contribution in [3.8, 4) is 5.69 Å². The maximum atomic E-state index is 13.0. The number of carbonyl (C=O) groups is 2. The van der Waals surface area contributed by atoms with E-state index in [0.717, 1.165) is 80.3 Å². The maximum Gasteiger partial charge on any atom is 0.326 e. The van der Waals surface area contributed by atoms with Gasteiger partial charge in [0.25, 0.3) is 5.91 Å². The maximum absolute atomic E-state index is 13.0. The summed E-state index contributed by atoms with van der Waals surface area (Å²) in [6.45, 7) is 7.42. The van der Waals surface area contributed by atoms with Crippen LogP contribution >= 0.6 is 0 Å². The highest BCUT2D eigenvalue weighted by Gasteiger charge is 2.26. The summed E-state index contributed by atoms with van der Waals surface area (Å²) in [6.07, 6.45) is 5.76. The van der Waals surface area contributed by atoms with Crippen molar-refractivity contribution in [2.24, 2.45) is 5.92 Å². The van der Waals surface area contributed by atoms with Crippen LogP contribution in [-0.4, -0.2) is 68.9 Å². The number of carboxylic acids is 1. The van der Waals surface area contributed by atoms with Crippen LogP contribution in [0.2, 0.25) is 0 Å². The van der Waals surface area contributed by atoms with Gasteiger partial charge in [-0.05, 0) is 101 Å². The van der Waals surface area contributed by atoms with E-state index in [9.17, 15) is 14.7 Å². The Hall–Kier alpha value is -3.72. The van der Waals surface area contributed by atoms with E-state index in [-0.39, 0.29) is 0 Å². The smallest absolute Gasteiger partial charge is 0.326 e. The fraction of sp³-hybridized carbons (Fsp3) is 0.467. The van der Waals surface area contributed by atoms with Crippen molar-refractivity contribution in [1.29, 1.82) is 0 Å². The summed E-state index contributed by atoms with van der Waals surface area (Å²) in [4.78, 5) is 32.1. The molecule has 39 heavy (non-hydrogen) atoms. The molecule has 5 rings (SSSR count). The molecule has 0 spiro atoms. The first-order chi connectivity index (χ1) is 18.9. The fourth-order valence-corrected chi connectivity index (χ4v) is 5.69. The van der Waals surface area contributed by atoms with Gasteiger partial charge in [-0.2, -0.15) is 5.10 Å². The number of benzene rings is 1. The van der Waals surface area contributed by atoms with Gasteiger partial charge in [-0.25, -0.2) is 14.5 Å². The van der Waals surface area contributed by atoms with Gasteiger partial charge in [0.2, 0.25) is 0 Å². The number of anilines is 1. The highest BCUT2D eigenvalue weighted by Crippen LogP contribution is 2.24. The summed E-state index contributed by atoms with van der Waals surface area (Å²) in [6, 6.07) is 12.5. The number of amides is 1. The molecule has 1 fully saturated rings. The standard InChI is InChI=1S/C30H38N6O3/c1-20-17-21(2)36(34-20)26-7-3-5-24(18-26)29(37)33-27(30(38)39)13-16-35-15-12-22(19-35)8-10-25-11-9-23-6-4-14-31-28(23)32-25/h3,5,7,9,11,17-18,22,27H,4,6,8,10,12-16,19H2,1-2H3,(H,31,32)(H,33,37)(H,38,39)/t22-,27?/m0/s1. The normalized spacial score (nSPS) is 17.8. The lowest BCUT2D eigenvalue weighted by molar-refractivity contribution is -0.139. The second-order valence-corrected chi connectivity index (χ2v) is 10.9. The third kappa shape index (κ3) is 6.65. The van der Waals surface area contributed by atoms with Crippen LogP contribution in [0.25, 0.3) is 5.69 Å². The summed E-state index contributed by atoms with van der Waals surface area (Å²) in [5.74, 6) is 0.218. The van der Waals surface area contributed by atoms with Gasteiger partial charge in [0.15, 0.2) is 0 Å². The Bertz CT molecular complexity index is 1340. The zero-order valence-corrected chi connectivity index (χ0v) is 22.8. The zero-order chi connectivity index (χ0) is 27.4. The van der Waals surface area contributed by atoms with E-state index in [1.54, 1.807) is 22.9 Å². The number of aliphatic carboxylic acids is 1. The lowest BCUT2D eigenvalue weighted by atomic mass is 10.00. The molecule has 3 N–H and O–H groups in total. The van der Waals surface area contributed by atoms with Crippen LogP contribution in [0.5, 0.6) is 0 Å². The molecular weight excluding hydrogens is 492 g/mol. The number of carbonyl (C=O) groups excluding carboxylic acids is 1. The average Bonchev–Trinajstić information content (AvgIpc) is 3.54. The molecule has 0 saturated carbocycles. The second-order valence-electron chi connectivity index (χ2n) is 10.9. The second kappa shape index (κ2) is 12.0. The van der Waals surface area contributed by atoms with Gasteiger partial charge in [-0.15, -0.1) is 0 Å². The van der Waals surface area contributed by atoms with Gasteiger partial charge < -0.3 is 20.6 Å². The Morgan fingerprint density at radius 3 is 2.87 bits per heavy atom. The third-order valence-corrected chi connectivity index (χ3v) is 7.83. The number of likely N-dealkylation sites (tertiary alicyclic amines) is 1.